The second-order valence-corrected chi connectivity index (χ2v) is 8.92. The van der Waals surface area contributed by atoms with Crippen molar-refractivity contribution in [2.75, 3.05) is 25.6 Å². The first-order valence-electron chi connectivity index (χ1n) is 10.8. The summed E-state index contributed by atoms with van der Waals surface area (Å²) in [5.41, 5.74) is 2.14. The van der Waals surface area contributed by atoms with Gasteiger partial charge in [0.25, 0.3) is 11.1 Å². The molecule has 0 unspecified atom stereocenters. The average Bonchev–Trinajstić information content (AvgIpc) is 3.04. The maximum Gasteiger partial charge on any atom is 0.344 e. The number of nitrogens with zero attached hydrogens (tertiary/aromatic N) is 1. The van der Waals surface area contributed by atoms with Gasteiger partial charge in [0.05, 0.1) is 18.1 Å². The normalized spacial score (nSPS) is 14.4. The Morgan fingerprint density at radius 3 is 2.57 bits per heavy atom. The molecule has 3 amide bonds. The maximum absolute atomic E-state index is 12.8. The van der Waals surface area contributed by atoms with E-state index in [4.69, 9.17) is 14.2 Å². The standard InChI is InChI=1S/C25H26N2O7S/c1-15(2)34-23(29)14-33-19-9-8-17(11-20(19)32-4)12-21-24(30)27(25(31)35-21)13-22(28)26-18-7-5-6-16(3)10-18/h5-12,15H,13-14H2,1-4H3,(H,26,28)/b21-12-. The zero-order valence-corrected chi connectivity index (χ0v) is 20.6. The molecule has 10 heteroatoms. The van der Waals surface area contributed by atoms with Crippen molar-refractivity contribution < 1.29 is 33.4 Å². The lowest BCUT2D eigenvalue weighted by Crippen LogP contribution is -2.36. The highest BCUT2D eigenvalue weighted by Gasteiger charge is 2.36. The van der Waals surface area contributed by atoms with Crippen molar-refractivity contribution in [3.8, 4) is 11.5 Å². The molecule has 1 fully saturated rings. The molecule has 0 aliphatic carbocycles. The van der Waals surface area contributed by atoms with Gasteiger partial charge in [-0.25, -0.2) is 4.79 Å². The smallest absolute Gasteiger partial charge is 0.344 e. The van der Waals surface area contributed by atoms with Crippen molar-refractivity contribution in [2.24, 2.45) is 0 Å². The van der Waals surface area contributed by atoms with Crippen LogP contribution in [0, 0.1) is 6.92 Å². The minimum atomic E-state index is -0.560. The van der Waals surface area contributed by atoms with E-state index in [1.807, 2.05) is 13.0 Å². The predicted octanol–water partition coefficient (Wildman–Crippen LogP) is 4.01. The minimum absolute atomic E-state index is 0.176. The van der Waals surface area contributed by atoms with Gasteiger partial charge >= 0.3 is 5.97 Å². The quantitative estimate of drug-likeness (QED) is 0.408. The van der Waals surface area contributed by atoms with Crippen molar-refractivity contribution in [1.82, 2.24) is 4.90 Å². The summed E-state index contributed by atoms with van der Waals surface area (Å²) in [6, 6.07) is 12.1. The SMILES string of the molecule is COc1cc(/C=C2\SC(=O)N(CC(=O)Nc3cccc(C)c3)C2=O)ccc1OCC(=O)OC(C)C. The predicted molar refractivity (Wildman–Crippen MR) is 132 cm³/mol. The van der Waals surface area contributed by atoms with Gasteiger partial charge in [0.2, 0.25) is 5.91 Å². The van der Waals surface area contributed by atoms with E-state index in [1.54, 1.807) is 50.2 Å². The second kappa shape index (κ2) is 11.6. The van der Waals surface area contributed by atoms with E-state index in [0.717, 1.165) is 22.2 Å². The molecule has 0 radical (unpaired) electrons. The van der Waals surface area contributed by atoms with E-state index < -0.39 is 29.6 Å². The van der Waals surface area contributed by atoms with E-state index >= 15 is 0 Å². The zero-order chi connectivity index (χ0) is 25.5. The maximum atomic E-state index is 12.8. The largest absolute Gasteiger partial charge is 0.493 e. The topological polar surface area (TPSA) is 111 Å². The number of hydrogen-bond acceptors (Lipinski definition) is 8. The number of rotatable bonds is 9. The van der Waals surface area contributed by atoms with Crippen LogP contribution in [0.2, 0.25) is 0 Å². The fourth-order valence-electron chi connectivity index (χ4n) is 3.18. The summed E-state index contributed by atoms with van der Waals surface area (Å²) >= 11 is 0.750. The molecule has 1 aliphatic heterocycles. The molecule has 1 N–H and O–H groups in total. The molecule has 184 valence electrons. The molecule has 0 aromatic heterocycles. The van der Waals surface area contributed by atoms with Gasteiger partial charge in [-0.3, -0.25) is 19.3 Å². The molecule has 0 saturated carbocycles. The number of carbonyl (C=O) groups is 4. The van der Waals surface area contributed by atoms with E-state index in [0.29, 0.717) is 22.7 Å². The number of hydrogen-bond donors (Lipinski definition) is 1. The molecule has 0 bridgehead atoms. The lowest BCUT2D eigenvalue weighted by atomic mass is 10.2. The summed E-state index contributed by atoms with van der Waals surface area (Å²) in [6.07, 6.45) is 1.28. The number of imide groups is 1. The van der Waals surface area contributed by atoms with Gasteiger partial charge in [-0.1, -0.05) is 18.2 Å². The summed E-state index contributed by atoms with van der Waals surface area (Å²) in [5, 5.41) is 2.16. The number of anilines is 1. The van der Waals surface area contributed by atoms with Crippen molar-refractivity contribution >= 4 is 46.5 Å². The van der Waals surface area contributed by atoms with Gasteiger partial charge in [-0.15, -0.1) is 0 Å². The first kappa shape index (κ1) is 25.8. The summed E-state index contributed by atoms with van der Waals surface area (Å²) < 4.78 is 15.8. The lowest BCUT2D eigenvalue weighted by Gasteiger charge is -2.13. The monoisotopic (exact) mass is 498 g/mol. The van der Waals surface area contributed by atoms with Crippen LogP contribution < -0.4 is 14.8 Å². The summed E-state index contributed by atoms with van der Waals surface area (Å²) in [4.78, 5) is 50.3. The number of nitrogens with one attached hydrogen (secondary N) is 1. The van der Waals surface area contributed by atoms with Crippen molar-refractivity contribution in [2.45, 2.75) is 26.9 Å². The third kappa shape index (κ3) is 7.10. The van der Waals surface area contributed by atoms with Gasteiger partial charge in [-0.2, -0.15) is 0 Å². The average molecular weight is 499 g/mol. The number of benzene rings is 2. The number of thioether (sulfide) groups is 1. The van der Waals surface area contributed by atoms with Crippen LogP contribution in [-0.2, 0) is 19.1 Å². The highest BCUT2D eigenvalue weighted by Crippen LogP contribution is 2.34. The van der Waals surface area contributed by atoms with E-state index in [1.165, 1.54) is 13.2 Å². The Kier molecular flexibility index (Phi) is 8.53. The fraction of sp³-hybridized carbons (Fsp3) is 0.280. The van der Waals surface area contributed by atoms with Crippen LogP contribution in [0.5, 0.6) is 11.5 Å². The Morgan fingerprint density at radius 2 is 1.89 bits per heavy atom. The zero-order valence-electron chi connectivity index (χ0n) is 19.8. The summed E-state index contributed by atoms with van der Waals surface area (Å²) in [7, 11) is 1.44. The Morgan fingerprint density at radius 1 is 1.11 bits per heavy atom. The molecule has 1 aliphatic rings. The van der Waals surface area contributed by atoms with Crippen LogP contribution in [-0.4, -0.2) is 54.3 Å². The Hall–Kier alpha value is -3.79. The minimum Gasteiger partial charge on any atom is -0.493 e. The van der Waals surface area contributed by atoms with Gasteiger partial charge < -0.3 is 19.5 Å². The number of carbonyl (C=O) groups excluding carboxylic acids is 4. The molecular weight excluding hydrogens is 472 g/mol. The van der Waals surface area contributed by atoms with Gasteiger partial charge in [0.15, 0.2) is 18.1 Å². The van der Waals surface area contributed by atoms with Crippen LogP contribution in [0.15, 0.2) is 47.4 Å². The third-order valence-corrected chi connectivity index (χ3v) is 5.58. The molecular formula is C25H26N2O7S. The molecule has 3 rings (SSSR count). The first-order chi connectivity index (χ1) is 16.7. The first-order valence-corrected chi connectivity index (χ1v) is 11.6. The molecule has 1 saturated heterocycles. The van der Waals surface area contributed by atoms with Crippen molar-refractivity contribution in [1.29, 1.82) is 0 Å². The van der Waals surface area contributed by atoms with Gasteiger partial charge in [0, 0.05) is 5.69 Å². The van der Waals surface area contributed by atoms with E-state index in [-0.39, 0.29) is 17.6 Å². The fourth-order valence-corrected chi connectivity index (χ4v) is 4.02. The second-order valence-electron chi connectivity index (χ2n) is 7.92. The van der Waals surface area contributed by atoms with Crippen molar-refractivity contribution in [3.63, 3.8) is 0 Å². The molecule has 2 aromatic rings. The molecule has 0 spiro atoms. The highest BCUT2D eigenvalue weighted by molar-refractivity contribution is 8.18. The van der Waals surface area contributed by atoms with Crippen LogP contribution in [0.1, 0.15) is 25.0 Å². The number of aryl methyl sites for hydroxylation is 1. The molecule has 2 aromatic carbocycles. The van der Waals surface area contributed by atoms with E-state index in [9.17, 15) is 19.2 Å². The van der Waals surface area contributed by atoms with Crippen LogP contribution in [0.4, 0.5) is 10.5 Å². The molecule has 0 atom stereocenters. The lowest BCUT2D eigenvalue weighted by molar-refractivity contribution is -0.149. The number of amides is 3. The summed E-state index contributed by atoms with van der Waals surface area (Å²) in [5.74, 6) is -0.876. The summed E-state index contributed by atoms with van der Waals surface area (Å²) in [6.45, 7) is 4.71. The molecule has 1 heterocycles. The van der Waals surface area contributed by atoms with Crippen LogP contribution in [0.25, 0.3) is 6.08 Å². The van der Waals surface area contributed by atoms with E-state index in [2.05, 4.69) is 5.32 Å². The van der Waals surface area contributed by atoms with Crippen LogP contribution in [0.3, 0.4) is 0 Å². The number of ether oxygens (including phenoxy) is 3. The van der Waals surface area contributed by atoms with Crippen molar-refractivity contribution in [3.05, 3.63) is 58.5 Å². The Balaban J connectivity index is 1.66. The van der Waals surface area contributed by atoms with Gasteiger partial charge in [-0.05, 0) is 74.0 Å². The van der Waals surface area contributed by atoms with Crippen LogP contribution >= 0.6 is 11.8 Å². The molecule has 35 heavy (non-hydrogen) atoms. The number of methoxy groups -OCH3 is 1. The highest BCUT2D eigenvalue weighted by atomic mass is 32.2. The Labute approximate surface area is 207 Å². The third-order valence-electron chi connectivity index (χ3n) is 4.68. The van der Waals surface area contributed by atoms with Gasteiger partial charge in [0.1, 0.15) is 6.54 Å². The number of esters is 1. The molecule has 9 nitrogen and oxygen atoms in total. The Bertz CT molecular complexity index is 1180.